The number of para-hydroxylation sites is 3. The molecule has 1 saturated heterocycles. The highest BCUT2D eigenvalue weighted by Crippen LogP contribution is 2.34. The number of hydrogen-bond donors (Lipinski definition) is 2. The summed E-state index contributed by atoms with van der Waals surface area (Å²) in [4.78, 5) is 26.7. The molecular weight excluding hydrogens is 396 g/mol. The number of rotatable bonds is 6. The Balaban J connectivity index is 1.65. The SMILES string of the molecule is COc1ccccc1/C=C1\SC(=S)N(CCC(=O)Nc2ccccc2O)C1=O. The second kappa shape index (κ2) is 8.90. The molecule has 0 atom stereocenters. The first-order chi connectivity index (χ1) is 13.5. The van der Waals surface area contributed by atoms with Crippen LogP contribution in [0.1, 0.15) is 12.0 Å². The average molecular weight is 415 g/mol. The molecule has 0 aromatic heterocycles. The number of phenolic OH excluding ortho intramolecular Hbond substituents is 1. The van der Waals surface area contributed by atoms with Crippen molar-refractivity contribution in [1.29, 1.82) is 0 Å². The molecule has 144 valence electrons. The monoisotopic (exact) mass is 414 g/mol. The minimum absolute atomic E-state index is 0.0128. The van der Waals surface area contributed by atoms with Crippen LogP contribution in [0.5, 0.6) is 11.5 Å². The molecule has 3 rings (SSSR count). The molecule has 2 amide bonds. The summed E-state index contributed by atoms with van der Waals surface area (Å²) >= 11 is 6.49. The number of nitrogens with one attached hydrogen (secondary N) is 1. The van der Waals surface area contributed by atoms with Gasteiger partial charge in [-0.2, -0.15) is 0 Å². The summed E-state index contributed by atoms with van der Waals surface area (Å²) in [5, 5.41) is 12.3. The van der Waals surface area contributed by atoms with Gasteiger partial charge in [0, 0.05) is 18.5 Å². The molecule has 2 N–H and O–H groups in total. The maximum Gasteiger partial charge on any atom is 0.266 e. The molecule has 1 aliphatic rings. The van der Waals surface area contributed by atoms with Gasteiger partial charge in [-0.05, 0) is 24.3 Å². The van der Waals surface area contributed by atoms with E-state index < -0.39 is 0 Å². The van der Waals surface area contributed by atoms with Gasteiger partial charge in [0.25, 0.3) is 5.91 Å². The lowest BCUT2D eigenvalue weighted by molar-refractivity contribution is -0.122. The number of carbonyl (C=O) groups is 2. The number of thiocarbonyl (C=S) groups is 1. The fourth-order valence-corrected chi connectivity index (χ4v) is 3.92. The Morgan fingerprint density at radius 3 is 2.71 bits per heavy atom. The van der Waals surface area contributed by atoms with Crippen LogP contribution in [0.3, 0.4) is 0 Å². The van der Waals surface area contributed by atoms with Crippen LogP contribution in [0, 0.1) is 0 Å². The lowest BCUT2D eigenvalue weighted by atomic mass is 10.2. The molecular formula is C20H18N2O4S2. The van der Waals surface area contributed by atoms with Crippen LogP contribution in [0.2, 0.25) is 0 Å². The smallest absolute Gasteiger partial charge is 0.266 e. The van der Waals surface area contributed by atoms with Crippen molar-refractivity contribution in [2.45, 2.75) is 6.42 Å². The van der Waals surface area contributed by atoms with Gasteiger partial charge < -0.3 is 15.2 Å². The third kappa shape index (κ3) is 4.52. The number of nitrogens with zero attached hydrogens (tertiary/aromatic N) is 1. The van der Waals surface area contributed by atoms with E-state index in [1.165, 1.54) is 22.7 Å². The minimum atomic E-state index is -0.316. The Kier molecular flexibility index (Phi) is 6.33. The van der Waals surface area contributed by atoms with Gasteiger partial charge in [-0.1, -0.05) is 54.3 Å². The molecule has 0 saturated carbocycles. The first kappa shape index (κ1) is 19.9. The summed E-state index contributed by atoms with van der Waals surface area (Å²) < 4.78 is 5.71. The first-order valence-electron chi connectivity index (χ1n) is 8.46. The van der Waals surface area contributed by atoms with Gasteiger partial charge in [-0.3, -0.25) is 14.5 Å². The summed E-state index contributed by atoms with van der Waals surface area (Å²) in [7, 11) is 1.57. The molecule has 1 heterocycles. The molecule has 0 bridgehead atoms. The second-order valence-corrected chi connectivity index (χ2v) is 7.57. The predicted molar refractivity (Wildman–Crippen MR) is 114 cm³/mol. The molecule has 2 aromatic rings. The fourth-order valence-electron chi connectivity index (χ4n) is 2.63. The molecule has 0 radical (unpaired) electrons. The van der Waals surface area contributed by atoms with Gasteiger partial charge in [-0.25, -0.2) is 0 Å². The van der Waals surface area contributed by atoms with Crippen molar-refractivity contribution in [3.8, 4) is 11.5 Å². The third-order valence-corrected chi connectivity index (χ3v) is 5.42. The summed E-state index contributed by atoms with van der Waals surface area (Å²) in [5.41, 5.74) is 1.11. The third-order valence-electron chi connectivity index (χ3n) is 4.04. The van der Waals surface area contributed by atoms with Crippen LogP contribution in [0.15, 0.2) is 53.4 Å². The Labute approximate surface area is 172 Å². The van der Waals surface area contributed by atoms with Crippen LogP contribution in [-0.4, -0.2) is 39.8 Å². The van der Waals surface area contributed by atoms with E-state index >= 15 is 0 Å². The topological polar surface area (TPSA) is 78.9 Å². The normalized spacial score (nSPS) is 15.2. The number of aromatic hydroxyl groups is 1. The van der Waals surface area contributed by atoms with Crippen LogP contribution in [-0.2, 0) is 9.59 Å². The molecule has 28 heavy (non-hydrogen) atoms. The Morgan fingerprint density at radius 2 is 1.96 bits per heavy atom. The number of ether oxygens (including phenoxy) is 1. The van der Waals surface area contributed by atoms with Crippen molar-refractivity contribution in [1.82, 2.24) is 4.90 Å². The van der Waals surface area contributed by atoms with Crippen molar-refractivity contribution in [3.63, 3.8) is 0 Å². The average Bonchev–Trinajstić information content (AvgIpc) is 2.95. The number of methoxy groups -OCH3 is 1. The van der Waals surface area contributed by atoms with Gasteiger partial charge in [-0.15, -0.1) is 0 Å². The van der Waals surface area contributed by atoms with Crippen LogP contribution in [0.4, 0.5) is 5.69 Å². The number of carbonyl (C=O) groups excluding carboxylic acids is 2. The lowest BCUT2D eigenvalue weighted by Crippen LogP contribution is -2.31. The summed E-state index contributed by atoms with van der Waals surface area (Å²) in [6, 6.07) is 13.8. The van der Waals surface area contributed by atoms with E-state index in [0.717, 1.165) is 5.56 Å². The number of hydrogen-bond acceptors (Lipinski definition) is 6. The van der Waals surface area contributed by atoms with E-state index in [4.69, 9.17) is 17.0 Å². The van der Waals surface area contributed by atoms with Crippen molar-refractivity contribution >= 4 is 51.9 Å². The molecule has 8 heteroatoms. The maximum absolute atomic E-state index is 12.7. The largest absolute Gasteiger partial charge is 0.506 e. The Morgan fingerprint density at radius 1 is 1.25 bits per heavy atom. The van der Waals surface area contributed by atoms with E-state index in [1.807, 2.05) is 24.3 Å². The number of phenols is 1. The zero-order chi connectivity index (χ0) is 20.1. The van der Waals surface area contributed by atoms with Crippen molar-refractivity contribution in [2.24, 2.45) is 0 Å². The predicted octanol–water partition coefficient (Wildman–Crippen LogP) is 3.63. The zero-order valence-electron chi connectivity index (χ0n) is 15.0. The standard InChI is InChI=1S/C20H18N2O4S2/c1-26-16-9-5-2-6-13(16)12-17-19(25)22(20(27)28-17)11-10-18(24)21-14-7-3-4-8-15(14)23/h2-9,12,23H,10-11H2,1H3,(H,21,24)/b17-12-. The Hall–Kier alpha value is -2.84. The molecule has 1 aliphatic heterocycles. The van der Waals surface area contributed by atoms with E-state index in [0.29, 0.717) is 20.7 Å². The lowest BCUT2D eigenvalue weighted by Gasteiger charge is -2.14. The van der Waals surface area contributed by atoms with Crippen molar-refractivity contribution in [2.75, 3.05) is 19.0 Å². The maximum atomic E-state index is 12.7. The molecule has 0 spiro atoms. The quantitative estimate of drug-likeness (QED) is 0.427. The van der Waals surface area contributed by atoms with Crippen LogP contribution >= 0.6 is 24.0 Å². The Bertz CT molecular complexity index is 959. The van der Waals surface area contributed by atoms with Gasteiger partial charge in [0.15, 0.2) is 0 Å². The van der Waals surface area contributed by atoms with Crippen molar-refractivity contribution in [3.05, 3.63) is 59.0 Å². The molecule has 6 nitrogen and oxygen atoms in total. The summed E-state index contributed by atoms with van der Waals surface area (Å²) in [5.74, 6) is 0.0940. The number of anilines is 1. The molecule has 1 fully saturated rings. The summed E-state index contributed by atoms with van der Waals surface area (Å²) in [6.07, 6.45) is 1.79. The summed E-state index contributed by atoms with van der Waals surface area (Å²) in [6.45, 7) is 0.160. The van der Waals surface area contributed by atoms with Crippen molar-refractivity contribution < 1.29 is 19.4 Å². The highest BCUT2D eigenvalue weighted by atomic mass is 32.2. The van der Waals surface area contributed by atoms with E-state index in [9.17, 15) is 14.7 Å². The van der Waals surface area contributed by atoms with Crippen LogP contribution in [0.25, 0.3) is 6.08 Å². The zero-order valence-corrected chi connectivity index (χ0v) is 16.7. The van der Waals surface area contributed by atoms with E-state index in [-0.39, 0.29) is 30.5 Å². The molecule has 0 unspecified atom stereocenters. The van der Waals surface area contributed by atoms with E-state index in [2.05, 4.69) is 5.32 Å². The number of amides is 2. The minimum Gasteiger partial charge on any atom is -0.506 e. The second-order valence-electron chi connectivity index (χ2n) is 5.89. The van der Waals surface area contributed by atoms with Gasteiger partial charge in [0.2, 0.25) is 5.91 Å². The fraction of sp³-hybridized carbons (Fsp3) is 0.150. The molecule has 0 aliphatic carbocycles. The first-order valence-corrected chi connectivity index (χ1v) is 9.68. The highest BCUT2D eigenvalue weighted by Gasteiger charge is 2.32. The van der Waals surface area contributed by atoms with Gasteiger partial charge in [0.1, 0.15) is 15.8 Å². The van der Waals surface area contributed by atoms with Gasteiger partial charge >= 0.3 is 0 Å². The van der Waals surface area contributed by atoms with Crippen LogP contribution < -0.4 is 10.1 Å². The van der Waals surface area contributed by atoms with E-state index in [1.54, 1.807) is 31.4 Å². The number of benzene rings is 2. The van der Waals surface area contributed by atoms with Gasteiger partial charge in [0.05, 0.1) is 17.7 Å². The number of thioether (sulfide) groups is 1. The molecule has 2 aromatic carbocycles. The highest BCUT2D eigenvalue weighted by molar-refractivity contribution is 8.26.